The van der Waals surface area contributed by atoms with Crippen molar-refractivity contribution in [3.8, 4) is 11.8 Å². The lowest BCUT2D eigenvalue weighted by atomic mass is 9.80. The van der Waals surface area contributed by atoms with Gasteiger partial charge >= 0.3 is 0 Å². The molecule has 5 heteroatoms. The van der Waals surface area contributed by atoms with Crippen LogP contribution in [0.5, 0.6) is 11.8 Å². The maximum Gasteiger partial charge on any atom is 0.229 e. The molecule has 5 nitrogen and oxygen atoms in total. The van der Waals surface area contributed by atoms with Gasteiger partial charge in [0.2, 0.25) is 17.7 Å². The number of nitrogens with zero attached hydrogens (tertiary/aromatic N) is 2. The third-order valence-electron chi connectivity index (χ3n) is 3.91. The fraction of sp³-hybridized carbons (Fsp3) is 0.714. The SMILES string of the molecule is COc1cc(OC)nc(NCC2CCCCC2C)n1. The monoisotopic (exact) mass is 265 g/mol. The van der Waals surface area contributed by atoms with Gasteiger partial charge in [-0.15, -0.1) is 0 Å². The molecule has 106 valence electrons. The molecular formula is C14H23N3O2. The van der Waals surface area contributed by atoms with E-state index >= 15 is 0 Å². The quantitative estimate of drug-likeness (QED) is 0.887. The van der Waals surface area contributed by atoms with Crippen LogP contribution in [0.15, 0.2) is 6.07 Å². The third kappa shape index (κ3) is 3.72. The van der Waals surface area contributed by atoms with Crippen molar-refractivity contribution in [1.82, 2.24) is 9.97 Å². The summed E-state index contributed by atoms with van der Waals surface area (Å²) in [6.07, 6.45) is 5.31. The van der Waals surface area contributed by atoms with E-state index in [0.717, 1.165) is 12.5 Å². The van der Waals surface area contributed by atoms with Crippen molar-refractivity contribution in [3.63, 3.8) is 0 Å². The predicted molar refractivity (Wildman–Crippen MR) is 74.7 cm³/mol. The highest BCUT2D eigenvalue weighted by Gasteiger charge is 2.21. The second-order valence-corrected chi connectivity index (χ2v) is 5.18. The molecule has 1 aliphatic carbocycles. The first-order chi connectivity index (χ1) is 9.22. The van der Waals surface area contributed by atoms with Crippen LogP contribution >= 0.6 is 0 Å². The van der Waals surface area contributed by atoms with Gasteiger partial charge in [0.15, 0.2) is 0 Å². The summed E-state index contributed by atoms with van der Waals surface area (Å²) in [6, 6.07) is 1.68. The summed E-state index contributed by atoms with van der Waals surface area (Å²) in [4.78, 5) is 8.57. The third-order valence-corrected chi connectivity index (χ3v) is 3.91. The fourth-order valence-corrected chi connectivity index (χ4v) is 2.61. The first-order valence-electron chi connectivity index (χ1n) is 6.94. The Morgan fingerprint density at radius 3 is 2.37 bits per heavy atom. The summed E-state index contributed by atoms with van der Waals surface area (Å²) >= 11 is 0. The van der Waals surface area contributed by atoms with Crippen LogP contribution < -0.4 is 14.8 Å². The molecule has 1 heterocycles. The molecule has 0 aromatic carbocycles. The van der Waals surface area contributed by atoms with Gasteiger partial charge in [0.25, 0.3) is 0 Å². The van der Waals surface area contributed by atoms with Crippen molar-refractivity contribution in [3.05, 3.63) is 6.07 Å². The second kappa shape index (κ2) is 6.59. The zero-order valence-corrected chi connectivity index (χ0v) is 12.0. The van der Waals surface area contributed by atoms with Crippen LogP contribution in [-0.4, -0.2) is 30.7 Å². The van der Waals surface area contributed by atoms with Gasteiger partial charge in [-0.3, -0.25) is 0 Å². The molecule has 0 amide bonds. The normalized spacial score (nSPS) is 22.9. The Bertz CT molecular complexity index is 389. The van der Waals surface area contributed by atoms with Crippen LogP contribution in [0.25, 0.3) is 0 Å². The lowest BCUT2D eigenvalue weighted by Gasteiger charge is -2.28. The molecule has 0 bridgehead atoms. The summed E-state index contributed by atoms with van der Waals surface area (Å²) in [5.41, 5.74) is 0. The number of anilines is 1. The molecule has 1 fully saturated rings. The smallest absolute Gasteiger partial charge is 0.229 e. The number of hydrogen-bond acceptors (Lipinski definition) is 5. The molecule has 0 radical (unpaired) electrons. The fourth-order valence-electron chi connectivity index (χ4n) is 2.61. The number of nitrogens with one attached hydrogen (secondary N) is 1. The number of ether oxygens (including phenoxy) is 2. The molecule has 2 rings (SSSR count). The Morgan fingerprint density at radius 2 is 1.79 bits per heavy atom. The standard InChI is InChI=1S/C14H23N3O2/c1-10-6-4-5-7-11(10)9-15-14-16-12(18-2)8-13(17-14)19-3/h8,10-11H,4-7,9H2,1-3H3,(H,15,16,17). The van der Waals surface area contributed by atoms with Crippen LogP contribution in [0.4, 0.5) is 5.95 Å². The maximum absolute atomic E-state index is 5.14. The number of methoxy groups -OCH3 is 2. The lowest BCUT2D eigenvalue weighted by Crippen LogP contribution is -2.25. The van der Waals surface area contributed by atoms with Crippen molar-refractivity contribution >= 4 is 5.95 Å². The minimum absolute atomic E-state index is 0.519. The summed E-state index contributed by atoms with van der Waals surface area (Å²) in [7, 11) is 3.18. The summed E-state index contributed by atoms with van der Waals surface area (Å²) < 4.78 is 10.3. The Morgan fingerprint density at radius 1 is 1.16 bits per heavy atom. The topological polar surface area (TPSA) is 56.3 Å². The van der Waals surface area contributed by atoms with Crippen LogP contribution in [0.3, 0.4) is 0 Å². The van der Waals surface area contributed by atoms with E-state index < -0.39 is 0 Å². The molecule has 1 aromatic heterocycles. The van der Waals surface area contributed by atoms with Gasteiger partial charge in [-0.05, 0) is 18.3 Å². The van der Waals surface area contributed by atoms with Crippen molar-refractivity contribution in [2.45, 2.75) is 32.6 Å². The van der Waals surface area contributed by atoms with Crippen LogP contribution in [-0.2, 0) is 0 Å². The summed E-state index contributed by atoms with van der Waals surface area (Å²) in [5.74, 6) is 3.09. The summed E-state index contributed by atoms with van der Waals surface area (Å²) in [5, 5.41) is 3.31. The zero-order chi connectivity index (χ0) is 13.7. The Kier molecular flexibility index (Phi) is 4.82. The van der Waals surface area contributed by atoms with Crippen LogP contribution in [0.2, 0.25) is 0 Å². The van der Waals surface area contributed by atoms with E-state index in [1.165, 1.54) is 25.7 Å². The molecule has 0 spiro atoms. The first-order valence-corrected chi connectivity index (χ1v) is 6.94. The minimum Gasteiger partial charge on any atom is -0.481 e. The molecule has 2 atom stereocenters. The average molecular weight is 265 g/mol. The number of aromatic nitrogens is 2. The molecule has 0 aliphatic heterocycles. The van der Waals surface area contributed by atoms with E-state index in [2.05, 4.69) is 22.2 Å². The highest BCUT2D eigenvalue weighted by atomic mass is 16.5. The Hall–Kier alpha value is -1.52. The van der Waals surface area contributed by atoms with Gasteiger partial charge in [-0.25, -0.2) is 0 Å². The number of rotatable bonds is 5. The van der Waals surface area contributed by atoms with E-state index in [1.807, 2.05) is 0 Å². The van der Waals surface area contributed by atoms with E-state index in [1.54, 1.807) is 20.3 Å². The van der Waals surface area contributed by atoms with E-state index in [0.29, 0.717) is 23.6 Å². The molecular weight excluding hydrogens is 242 g/mol. The minimum atomic E-state index is 0.519. The molecule has 2 unspecified atom stereocenters. The molecule has 1 N–H and O–H groups in total. The molecule has 19 heavy (non-hydrogen) atoms. The maximum atomic E-state index is 5.14. The van der Waals surface area contributed by atoms with Crippen LogP contribution in [0, 0.1) is 11.8 Å². The van der Waals surface area contributed by atoms with Gasteiger partial charge in [0.1, 0.15) is 0 Å². The van der Waals surface area contributed by atoms with Crippen molar-refractivity contribution < 1.29 is 9.47 Å². The largest absolute Gasteiger partial charge is 0.481 e. The average Bonchev–Trinajstić information content (AvgIpc) is 2.46. The molecule has 0 saturated heterocycles. The van der Waals surface area contributed by atoms with Gasteiger partial charge in [0.05, 0.1) is 20.3 Å². The van der Waals surface area contributed by atoms with E-state index in [-0.39, 0.29) is 0 Å². The molecule has 1 saturated carbocycles. The Labute approximate surface area is 114 Å². The van der Waals surface area contributed by atoms with Gasteiger partial charge in [-0.2, -0.15) is 9.97 Å². The van der Waals surface area contributed by atoms with Gasteiger partial charge in [-0.1, -0.05) is 26.2 Å². The van der Waals surface area contributed by atoms with Crippen molar-refractivity contribution in [2.24, 2.45) is 11.8 Å². The molecule has 1 aliphatic rings. The zero-order valence-electron chi connectivity index (χ0n) is 12.0. The van der Waals surface area contributed by atoms with E-state index in [4.69, 9.17) is 9.47 Å². The van der Waals surface area contributed by atoms with E-state index in [9.17, 15) is 0 Å². The van der Waals surface area contributed by atoms with Crippen molar-refractivity contribution in [1.29, 1.82) is 0 Å². The lowest BCUT2D eigenvalue weighted by molar-refractivity contribution is 0.268. The Balaban J connectivity index is 1.98. The predicted octanol–water partition coefficient (Wildman–Crippen LogP) is 2.73. The first kappa shape index (κ1) is 13.9. The molecule has 1 aromatic rings. The number of hydrogen-bond donors (Lipinski definition) is 1. The van der Waals surface area contributed by atoms with Gasteiger partial charge < -0.3 is 14.8 Å². The summed E-state index contributed by atoms with van der Waals surface area (Å²) in [6.45, 7) is 3.25. The van der Waals surface area contributed by atoms with Gasteiger partial charge in [0, 0.05) is 6.54 Å². The second-order valence-electron chi connectivity index (χ2n) is 5.18. The van der Waals surface area contributed by atoms with Crippen molar-refractivity contribution in [2.75, 3.05) is 26.1 Å². The van der Waals surface area contributed by atoms with Crippen LogP contribution in [0.1, 0.15) is 32.6 Å². The highest BCUT2D eigenvalue weighted by Crippen LogP contribution is 2.29. The highest BCUT2D eigenvalue weighted by molar-refractivity contribution is 5.33.